The minimum atomic E-state index is -0.188. The van der Waals surface area contributed by atoms with Gasteiger partial charge in [0.05, 0.1) is 0 Å². The molecule has 2 nitrogen and oxygen atoms in total. The predicted octanol–water partition coefficient (Wildman–Crippen LogP) is 3.57. The third-order valence-corrected chi connectivity index (χ3v) is 3.82. The maximum absolute atomic E-state index is 14.1. The Morgan fingerprint density at radius 3 is 2.29 bits per heavy atom. The molecule has 0 amide bonds. The first kappa shape index (κ1) is 15.7. The van der Waals surface area contributed by atoms with Crippen molar-refractivity contribution in [2.24, 2.45) is 5.73 Å². The molecule has 0 aliphatic rings. The van der Waals surface area contributed by atoms with Crippen LogP contribution in [-0.2, 0) is 6.54 Å². The van der Waals surface area contributed by atoms with Crippen molar-refractivity contribution >= 4 is 0 Å². The molecule has 0 saturated carbocycles. The van der Waals surface area contributed by atoms with Crippen LogP contribution in [0.1, 0.15) is 28.3 Å². The van der Waals surface area contributed by atoms with Gasteiger partial charge in [-0.15, -0.1) is 0 Å². The number of nitrogens with zero attached hydrogens (tertiary/aromatic N) is 1. The summed E-state index contributed by atoms with van der Waals surface area (Å²) in [5.41, 5.74) is 10.1. The molecule has 0 aliphatic heterocycles. The van der Waals surface area contributed by atoms with Crippen LogP contribution >= 0.6 is 0 Å². The van der Waals surface area contributed by atoms with Crippen molar-refractivity contribution in [3.8, 4) is 0 Å². The van der Waals surface area contributed by atoms with Gasteiger partial charge < -0.3 is 5.73 Å². The summed E-state index contributed by atoms with van der Waals surface area (Å²) in [7, 11) is 1.99. The lowest BCUT2D eigenvalue weighted by atomic mass is 10.0. The van der Waals surface area contributed by atoms with Crippen molar-refractivity contribution < 1.29 is 4.39 Å². The topological polar surface area (TPSA) is 29.3 Å². The maximum Gasteiger partial charge on any atom is 0.128 e. The summed E-state index contributed by atoms with van der Waals surface area (Å²) in [6.07, 6.45) is 0. The lowest BCUT2D eigenvalue weighted by Gasteiger charge is -2.28. The van der Waals surface area contributed by atoms with Gasteiger partial charge in [-0.05, 0) is 32.5 Å². The zero-order valence-corrected chi connectivity index (χ0v) is 12.9. The van der Waals surface area contributed by atoms with Crippen LogP contribution in [0.15, 0.2) is 42.5 Å². The summed E-state index contributed by atoms with van der Waals surface area (Å²) >= 11 is 0. The van der Waals surface area contributed by atoms with Crippen LogP contribution in [-0.4, -0.2) is 18.5 Å². The SMILES string of the molecule is Cc1ccc(CN(C)C(CN)c2cc(C)ccc2F)cc1. The molecule has 2 rings (SSSR count). The number of aryl methyl sites for hydroxylation is 2. The number of nitrogens with two attached hydrogens (primary N) is 1. The van der Waals surface area contributed by atoms with Gasteiger partial charge in [-0.25, -0.2) is 4.39 Å². The molecule has 1 atom stereocenters. The molecular weight excluding hydrogens is 263 g/mol. The summed E-state index contributed by atoms with van der Waals surface area (Å²) in [4.78, 5) is 2.10. The van der Waals surface area contributed by atoms with Crippen molar-refractivity contribution in [2.75, 3.05) is 13.6 Å². The quantitative estimate of drug-likeness (QED) is 0.910. The number of rotatable bonds is 5. The second kappa shape index (κ2) is 6.83. The molecule has 2 aromatic carbocycles. The van der Waals surface area contributed by atoms with E-state index in [9.17, 15) is 4.39 Å². The standard InChI is InChI=1S/C18H23FN2/c1-13-4-7-15(8-5-13)12-21(3)18(11-20)16-10-14(2)6-9-17(16)19/h4-10,18H,11-12,20H2,1-3H3. The Kier molecular flexibility index (Phi) is 5.10. The van der Waals surface area contributed by atoms with E-state index in [0.29, 0.717) is 12.1 Å². The Morgan fingerprint density at radius 1 is 1.05 bits per heavy atom. The van der Waals surface area contributed by atoms with Gasteiger partial charge in [0.15, 0.2) is 0 Å². The minimum Gasteiger partial charge on any atom is -0.329 e. The summed E-state index contributed by atoms with van der Waals surface area (Å²) in [5.74, 6) is -0.188. The molecule has 0 fully saturated rings. The Hall–Kier alpha value is -1.71. The normalized spacial score (nSPS) is 12.7. The fourth-order valence-electron chi connectivity index (χ4n) is 2.55. The summed E-state index contributed by atoms with van der Waals surface area (Å²) < 4.78 is 14.1. The van der Waals surface area contributed by atoms with Crippen LogP contribution in [0.2, 0.25) is 0 Å². The Labute approximate surface area is 126 Å². The second-order valence-corrected chi connectivity index (χ2v) is 5.68. The van der Waals surface area contributed by atoms with E-state index < -0.39 is 0 Å². The fraction of sp³-hybridized carbons (Fsp3) is 0.333. The molecular formula is C18H23FN2. The minimum absolute atomic E-state index is 0.119. The van der Waals surface area contributed by atoms with E-state index in [1.54, 1.807) is 6.07 Å². The zero-order chi connectivity index (χ0) is 15.4. The van der Waals surface area contributed by atoms with Gasteiger partial charge in [-0.2, -0.15) is 0 Å². The maximum atomic E-state index is 14.1. The van der Waals surface area contributed by atoms with E-state index >= 15 is 0 Å². The lowest BCUT2D eigenvalue weighted by Crippen LogP contribution is -2.31. The number of halogens is 1. The molecule has 0 heterocycles. The molecule has 3 heteroatoms. The van der Waals surface area contributed by atoms with E-state index in [1.165, 1.54) is 17.2 Å². The largest absolute Gasteiger partial charge is 0.329 e. The number of likely N-dealkylation sites (N-methyl/N-ethyl adjacent to an activating group) is 1. The smallest absolute Gasteiger partial charge is 0.128 e. The molecule has 21 heavy (non-hydrogen) atoms. The lowest BCUT2D eigenvalue weighted by molar-refractivity contribution is 0.236. The molecule has 0 bridgehead atoms. The van der Waals surface area contributed by atoms with Crippen molar-refractivity contribution in [1.82, 2.24) is 4.90 Å². The van der Waals surface area contributed by atoms with E-state index in [-0.39, 0.29) is 11.9 Å². The van der Waals surface area contributed by atoms with Gasteiger partial charge in [-0.3, -0.25) is 4.90 Å². The molecule has 0 saturated heterocycles. The molecule has 2 N–H and O–H groups in total. The van der Waals surface area contributed by atoms with Crippen LogP contribution in [0.4, 0.5) is 4.39 Å². The molecule has 112 valence electrons. The number of hydrogen-bond donors (Lipinski definition) is 1. The van der Waals surface area contributed by atoms with Crippen molar-refractivity contribution in [2.45, 2.75) is 26.4 Å². The second-order valence-electron chi connectivity index (χ2n) is 5.68. The monoisotopic (exact) mass is 286 g/mol. The van der Waals surface area contributed by atoms with Gasteiger partial charge in [0.1, 0.15) is 5.82 Å². The van der Waals surface area contributed by atoms with Gasteiger partial charge in [0.25, 0.3) is 0 Å². The van der Waals surface area contributed by atoms with Crippen molar-refractivity contribution in [1.29, 1.82) is 0 Å². The third kappa shape index (κ3) is 3.90. The highest BCUT2D eigenvalue weighted by molar-refractivity contribution is 5.28. The number of hydrogen-bond acceptors (Lipinski definition) is 2. The molecule has 0 aromatic heterocycles. The van der Waals surface area contributed by atoms with Gasteiger partial charge >= 0.3 is 0 Å². The van der Waals surface area contributed by atoms with Crippen LogP contribution in [0.3, 0.4) is 0 Å². The van der Waals surface area contributed by atoms with Crippen LogP contribution in [0.25, 0.3) is 0 Å². The van der Waals surface area contributed by atoms with Crippen LogP contribution < -0.4 is 5.73 Å². The van der Waals surface area contributed by atoms with Crippen molar-refractivity contribution in [3.63, 3.8) is 0 Å². The highest BCUT2D eigenvalue weighted by atomic mass is 19.1. The molecule has 0 aliphatic carbocycles. The van der Waals surface area contributed by atoms with Crippen LogP contribution in [0, 0.1) is 19.7 Å². The van der Waals surface area contributed by atoms with Crippen LogP contribution in [0.5, 0.6) is 0 Å². The van der Waals surface area contributed by atoms with Gasteiger partial charge in [0, 0.05) is 24.7 Å². The highest BCUT2D eigenvalue weighted by Crippen LogP contribution is 2.24. The van der Waals surface area contributed by atoms with E-state index in [2.05, 4.69) is 36.1 Å². The molecule has 0 radical (unpaired) electrons. The Bertz CT molecular complexity index is 593. The Morgan fingerprint density at radius 2 is 1.67 bits per heavy atom. The molecule has 0 spiro atoms. The summed E-state index contributed by atoms with van der Waals surface area (Å²) in [6, 6.07) is 13.5. The first-order chi connectivity index (χ1) is 10.0. The third-order valence-electron chi connectivity index (χ3n) is 3.82. The van der Waals surface area contributed by atoms with Gasteiger partial charge in [0.2, 0.25) is 0 Å². The zero-order valence-electron chi connectivity index (χ0n) is 12.9. The van der Waals surface area contributed by atoms with Crippen molar-refractivity contribution in [3.05, 3.63) is 70.5 Å². The van der Waals surface area contributed by atoms with E-state index in [4.69, 9.17) is 5.73 Å². The fourth-order valence-corrected chi connectivity index (χ4v) is 2.55. The van der Waals surface area contributed by atoms with Gasteiger partial charge in [-0.1, -0.05) is 47.5 Å². The Balaban J connectivity index is 2.20. The summed E-state index contributed by atoms with van der Waals surface area (Å²) in [6.45, 7) is 5.17. The molecule has 1 unspecified atom stereocenters. The molecule has 2 aromatic rings. The highest BCUT2D eigenvalue weighted by Gasteiger charge is 2.19. The number of benzene rings is 2. The summed E-state index contributed by atoms with van der Waals surface area (Å²) in [5, 5.41) is 0. The van der Waals surface area contributed by atoms with E-state index in [0.717, 1.165) is 12.1 Å². The first-order valence-electron chi connectivity index (χ1n) is 7.23. The average Bonchev–Trinajstić information content (AvgIpc) is 2.46. The first-order valence-corrected chi connectivity index (χ1v) is 7.23. The average molecular weight is 286 g/mol. The predicted molar refractivity (Wildman–Crippen MR) is 85.6 cm³/mol. The van der Waals surface area contributed by atoms with E-state index in [1.807, 2.05) is 20.0 Å².